The van der Waals surface area contributed by atoms with Gasteiger partial charge in [-0.1, -0.05) is 6.92 Å². The topological polar surface area (TPSA) is 34.1 Å². The number of rotatable bonds is 4. The van der Waals surface area contributed by atoms with E-state index in [1.807, 2.05) is 0 Å². The molecule has 0 aliphatic rings. The molecule has 0 aliphatic heterocycles. The molecule has 0 aliphatic carbocycles. The highest BCUT2D eigenvalue weighted by molar-refractivity contribution is 8.17. The lowest BCUT2D eigenvalue weighted by atomic mass is 10.3. The summed E-state index contributed by atoms with van der Waals surface area (Å²) in [6.07, 6.45) is 1.45. The summed E-state index contributed by atoms with van der Waals surface area (Å²) in [6.45, 7) is 0.495. The minimum atomic E-state index is -4.06. The number of halogens is 3. The molecule has 0 saturated heterocycles. The van der Waals surface area contributed by atoms with Gasteiger partial charge >= 0.3 is 0 Å². The molecule has 0 aromatic heterocycles. The monoisotopic (exact) mass is 230 g/mol. The maximum atomic E-state index is 12.6. The largest absolute Gasteiger partial charge is 0.261 e. The van der Waals surface area contributed by atoms with Crippen molar-refractivity contribution >= 4 is 19.7 Å². The third-order valence-corrected chi connectivity index (χ3v) is 2.58. The van der Waals surface area contributed by atoms with Crippen LogP contribution in [-0.4, -0.2) is 15.1 Å². The Bertz CT molecular complexity index is 319. The Labute approximate surface area is 80.3 Å². The first kappa shape index (κ1) is 12.6. The van der Waals surface area contributed by atoms with E-state index < -0.39 is 26.5 Å². The second kappa shape index (κ2) is 5.34. The SMILES string of the molecule is CC/C(F)=C\C(=C/CF)S(=O)(=O)Cl. The lowest BCUT2D eigenvalue weighted by Crippen LogP contribution is -1.93. The zero-order chi connectivity index (χ0) is 10.5. The Morgan fingerprint density at radius 1 is 1.54 bits per heavy atom. The van der Waals surface area contributed by atoms with Crippen molar-refractivity contribution in [2.75, 3.05) is 6.67 Å². The second-order valence-electron chi connectivity index (χ2n) is 2.14. The maximum absolute atomic E-state index is 12.6. The predicted molar refractivity (Wildman–Crippen MR) is 48.3 cm³/mol. The number of hydrogen-bond donors (Lipinski definition) is 0. The Morgan fingerprint density at radius 3 is 2.38 bits per heavy atom. The lowest BCUT2D eigenvalue weighted by molar-refractivity contribution is 0.559. The van der Waals surface area contributed by atoms with Gasteiger partial charge in [0, 0.05) is 10.7 Å². The van der Waals surface area contributed by atoms with E-state index in [-0.39, 0.29) is 6.42 Å². The smallest absolute Gasteiger partial charge is 0.247 e. The molecule has 0 rings (SSSR count). The van der Waals surface area contributed by atoms with Gasteiger partial charge in [-0.2, -0.15) is 0 Å². The van der Waals surface area contributed by atoms with Crippen molar-refractivity contribution in [3.05, 3.63) is 22.9 Å². The molecule has 76 valence electrons. The molecule has 0 aromatic carbocycles. The number of hydrogen-bond acceptors (Lipinski definition) is 2. The molecule has 0 unspecified atom stereocenters. The van der Waals surface area contributed by atoms with Crippen LogP contribution in [0.1, 0.15) is 13.3 Å². The van der Waals surface area contributed by atoms with Crippen LogP contribution in [-0.2, 0) is 9.05 Å². The van der Waals surface area contributed by atoms with Gasteiger partial charge in [-0.25, -0.2) is 17.2 Å². The van der Waals surface area contributed by atoms with Gasteiger partial charge in [-0.3, -0.25) is 0 Å². The summed E-state index contributed by atoms with van der Waals surface area (Å²) in [5, 5.41) is 0. The van der Waals surface area contributed by atoms with E-state index in [9.17, 15) is 17.2 Å². The van der Waals surface area contributed by atoms with Gasteiger partial charge in [0.2, 0.25) is 0 Å². The summed E-state index contributed by atoms with van der Waals surface area (Å²) < 4.78 is 45.8. The van der Waals surface area contributed by atoms with Crippen molar-refractivity contribution in [1.29, 1.82) is 0 Å². The van der Waals surface area contributed by atoms with Crippen LogP contribution >= 0.6 is 10.7 Å². The Morgan fingerprint density at radius 2 is 2.08 bits per heavy atom. The summed E-state index contributed by atoms with van der Waals surface area (Å²) in [5.74, 6) is -0.663. The first-order valence-corrected chi connectivity index (χ1v) is 5.79. The van der Waals surface area contributed by atoms with Crippen molar-refractivity contribution in [3.63, 3.8) is 0 Å². The van der Waals surface area contributed by atoms with Gasteiger partial charge in [0.1, 0.15) is 12.5 Å². The second-order valence-corrected chi connectivity index (χ2v) is 4.71. The van der Waals surface area contributed by atoms with Crippen LogP contribution in [0.2, 0.25) is 0 Å². The highest BCUT2D eigenvalue weighted by atomic mass is 35.7. The van der Waals surface area contributed by atoms with E-state index in [1.165, 1.54) is 6.92 Å². The quantitative estimate of drug-likeness (QED) is 0.550. The van der Waals surface area contributed by atoms with Gasteiger partial charge in [-0.05, 0) is 18.6 Å². The molecule has 6 heteroatoms. The fraction of sp³-hybridized carbons (Fsp3) is 0.429. The van der Waals surface area contributed by atoms with Crippen LogP contribution in [0.25, 0.3) is 0 Å². The summed E-state index contributed by atoms with van der Waals surface area (Å²) in [4.78, 5) is -0.545. The van der Waals surface area contributed by atoms with Crippen LogP contribution in [0.4, 0.5) is 8.78 Å². The zero-order valence-corrected chi connectivity index (χ0v) is 8.50. The van der Waals surface area contributed by atoms with Gasteiger partial charge in [0.25, 0.3) is 9.05 Å². The third kappa shape index (κ3) is 5.00. The molecule has 0 fully saturated rings. The van der Waals surface area contributed by atoms with E-state index >= 15 is 0 Å². The molecule has 0 N–H and O–H groups in total. The first-order chi connectivity index (χ1) is 5.91. The average Bonchev–Trinajstić information content (AvgIpc) is 2.01. The molecule has 0 heterocycles. The predicted octanol–water partition coefficient (Wildman–Crippen LogP) is 2.67. The van der Waals surface area contributed by atoms with Crippen LogP contribution in [0.3, 0.4) is 0 Å². The van der Waals surface area contributed by atoms with E-state index in [2.05, 4.69) is 0 Å². The van der Waals surface area contributed by atoms with Gasteiger partial charge in [0.15, 0.2) is 0 Å². The number of alkyl halides is 1. The standard InChI is InChI=1S/C7H9ClF2O2S/c1-2-6(10)5-7(3-4-9)13(8,11)12/h3,5H,2,4H2,1H3/b6-5+,7-3+. The van der Waals surface area contributed by atoms with Gasteiger partial charge < -0.3 is 0 Å². The lowest BCUT2D eigenvalue weighted by Gasteiger charge is -1.96. The molecule has 0 radical (unpaired) electrons. The van der Waals surface area contributed by atoms with E-state index in [0.29, 0.717) is 12.2 Å². The van der Waals surface area contributed by atoms with Crippen LogP contribution in [0, 0.1) is 0 Å². The van der Waals surface area contributed by atoms with E-state index in [1.54, 1.807) is 0 Å². The molecule has 0 amide bonds. The molecule has 2 nitrogen and oxygen atoms in total. The van der Waals surface area contributed by atoms with Crippen molar-refractivity contribution < 1.29 is 17.2 Å². The fourth-order valence-electron chi connectivity index (χ4n) is 0.561. The van der Waals surface area contributed by atoms with Crippen LogP contribution in [0.15, 0.2) is 22.9 Å². The molecule has 0 spiro atoms. The minimum absolute atomic E-state index is 0.0377. The molecular formula is C7H9ClF2O2S. The van der Waals surface area contributed by atoms with E-state index in [0.717, 1.165) is 0 Å². The Balaban J connectivity index is 4.98. The maximum Gasteiger partial charge on any atom is 0.261 e. The van der Waals surface area contributed by atoms with Crippen molar-refractivity contribution in [1.82, 2.24) is 0 Å². The highest BCUT2D eigenvalue weighted by Gasteiger charge is 2.11. The molecular weight excluding hydrogens is 222 g/mol. The first-order valence-electron chi connectivity index (χ1n) is 3.48. The summed E-state index contributed by atoms with van der Waals surface area (Å²) in [6, 6.07) is 0. The molecule has 0 aromatic rings. The fourth-order valence-corrected chi connectivity index (χ4v) is 1.41. The summed E-state index contributed by atoms with van der Waals surface area (Å²) in [7, 11) is 0.850. The minimum Gasteiger partial charge on any atom is -0.247 e. The molecule has 0 bridgehead atoms. The molecule has 13 heavy (non-hydrogen) atoms. The summed E-state index contributed by atoms with van der Waals surface area (Å²) >= 11 is 0. The van der Waals surface area contributed by atoms with Gasteiger partial charge in [-0.15, -0.1) is 0 Å². The molecule has 0 atom stereocenters. The van der Waals surface area contributed by atoms with E-state index in [4.69, 9.17) is 10.7 Å². The third-order valence-electron chi connectivity index (χ3n) is 1.20. The average molecular weight is 231 g/mol. The Hall–Kier alpha value is -0.420. The normalized spacial score (nSPS) is 14.8. The van der Waals surface area contributed by atoms with Crippen molar-refractivity contribution in [3.8, 4) is 0 Å². The van der Waals surface area contributed by atoms with Crippen molar-refractivity contribution in [2.45, 2.75) is 13.3 Å². The van der Waals surface area contributed by atoms with Gasteiger partial charge in [0.05, 0.1) is 4.91 Å². The highest BCUT2D eigenvalue weighted by Crippen LogP contribution is 2.17. The number of allylic oxidation sites excluding steroid dienone is 3. The summed E-state index contributed by atoms with van der Waals surface area (Å²) in [5.41, 5.74) is 0. The van der Waals surface area contributed by atoms with Crippen molar-refractivity contribution in [2.24, 2.45) is 0 Å². The Kier molecular flexibility index (Phi) is 5.17. The molecule has 0 saturated carbocycles. The zero-order valence-electron chi connectivity index (χ0n) is 6.93. The van der Waals surface area contributed by atoms with Crippen LogP contribution < -0.4 is 0 Å². The van der Waals surface area contributed by atoms with Crippen LogP contribution in [0.5, 0.6) is 0 Å².